The SMILES string of the molecule is c1ccc(Nc2ncnc3nc(-c4csc5ccccc45)[nH]c23)cc1. The van der Waals surface area contributed by atoms with Crippen LogP contribution in [0.2, 0.25) is 0 Å². The number of benzene rings is 2. The second-order valence-corrected chi connectivity index (χ2v) is 6.55. The van der Waals surface area contributed by atoms with Gasteiger partial charge in [-0.05, 0) is 18.2 Å². The van der Waals surface area contributed by atoms with Gasteiger partial charge in [0.25, 0.3) is 0 Å². The summed E-state index contributed by atoms with van der Waals surface area (Å²) >= 11 is 1.71. The van der Waals surface area contributed by atoms with E-state index in [0.29, 0.717) is 5.65 Å². The average Bonchev–Trinajstić information content (AvgIpc) is 3.27. The number of para-hydroxylation sites is 1. The molecule has 0 aliphatic carbocycles. The zero-order valence-electron chi connectivity index (χ0n) is 13.1. The third kappa shape index (κ3) is 2.43. The van der Waals surface area contributed by atoms with Crippen molar-refractivity contribution in [2.24, 2.45) is 0 Å². The number of hydrogen-bond donors (Lipinski definition) is 2. The van der Waals surface area contributed by atoms with Gasteiger partial charge >= 0.3 is 0 Å². The Morgan fingerprint density at radius 2 is 1.76 bits per heavy atom. The number of rotatable bonds is 3. The van der Waals surface area contributed by atoms with Crippen LogP contribution in [-0.2, 0) is 0 Å². The van der Waals surface area contributed by atoms with Crippen molar-refractivity contribution in [1.82, 2.24) is 19.9 Å². The van der Waals surface area contributed by atoms with E-state index in [0.717, 1.165) is 28.4 Å². The van der Waals surface area contributed by atoms with Gasteiger partial charge in [0.05, 0.1) is 0 Å². The fourth-order valence-corrected chi connectivity index (χ4v) is 3.82. The lowest BCUT2D eigenvalue weighted by molar-refractivity contribution is 1.20. The van der Waals surface area contributed by atoms with Gasteiger partial charge in [0.15, 0.2) is 11.5 Å². The molecule has 0 saturated carbocycles. The molecule has 25 heavy (non-hydrogen) atoms. The topological polar surface area (TPSA) is 66.5 Å². The number of hydrogen-bond acceptors (Lipinski definition) is 5. The number of nitrogens with one attached hydrogen (secondary N) is 2. The van der Waals surface area contributed by atoms with E-state index in [1.165, 1.54) is 16.4 Å². The van der Waals surface area contributed by atoms with Crippen LogP contribution in [0.15, 0.2) is 66.3 Å². The van der Waals surface area contributed by atoms with E-state index in [2.05, 4.69) is 48.8 Å². The molecule has 6 heteroatoms. The largest absolute Gasteiger partial charge is 0.338 e. The Hall–Kier alpha value is -3.25. The molecule has 0 atom stereocenters. The first-order chi connectivity index (χ1) is 12.4. The molecule has 0 spiro atoms. The third-order valence-corrected chi connectivity index (χ3v) is 5.02. The van der Waals surface area contributed by atoms with E-state index in [9.17, 15) is 0 Å². The average molecular weight is 343 g/mol. The predicted octanol–water partition coefficient (Wildman–Crippen LogP) is 4.98. The third-order valence-electron chi connectivity index (χ3n) is 4.06. The number of imidazole rings is 1. The van der Waals surface area contributed by atoms with Crippen molar-refractivity contribution in [2.45, 2.75) is 0 Å². The van der Waals surface area contributed by atoms with Crippen LogP contribution < -0.4 is 5.32 Å². The molecule has 0 radical (unpaired) electrons. The maximum atomic E-state index is 4.67. The quantitative estimate of drug-likeness (QED) is 0.485. The Bertz CT molecular complexity index is 1180. The smallest absolute Gasteiger partial charge is 0.183 e. The molecule has 0 amide bonds. The number of anilines is 2. The van der Waals surface area contributed by atoms with Gasteiger partial charge in [0, 0.05) is 26.7 Å². The summed E-state index contributed by atoms with van der Waals surface area (Å²) in [6.07, 6.45) is 1.53. The standard InChI is InChI=1S/C19H13N5S/c1-2-6-12(7-3-1)22-18-16-19(21-11-20-18)24-17(23-16)14-10-25-15-9-5-4-8-13(14)15/h1-11H,(H2,20,21,22,23,24). The van der Waals surface area contributed by atoms with Gasteiger partial charge in [-0.2, -0.15) is 0 Å². The Balaban J connectivity index is 1.63. The minimum atomic E-state index is 0.652. The van der Waals surface area contributed by atoms with Gasteiger partial charge in [-0.1, -0.05) is 36.4 Å². The van der Waals surface area contributed by atoms with Gasteiger partial charge in [-0.3, -0.25) is 0 Å². The van der Waals surface area contributed by atoms with Crippen molar-refractivity contribution in [3.63, 3.8) is 0 Å². The molecular weight excluding hydrogens is 330 g/mol. The summed E-state index contributed by atoms with van der Waals surface area (Å²) in [5.74, 6) is 1.53. The molecule has 0 unspecified atom stereocenters. The second-order valence-electron chi connectivity index (χ2n) is 5.64. The van der Waals surface area contributed by atoms with Crippen LogP contribution in [0.5, 0.6) is 0 Å². The van der Waals surface area contributed by atoms with Crippen LogP contribution in [-0.4, -0.2) is 19.9 Å². The first kappa shape index (κ1) is 14.1. The van der Waals surface area contributed by atoms with Crippen molar-refractivity contribution < 1.29 is 0 Å². The summed E-state index contributed by atoms with van der Waals surface area (Å²) in [5, 5.41) is 6.64. The minimum absolute atomic E-state index is 0.652. The predicted molar refractivity (Wildman–Crippen MR) is 102 cm³/mol. The lowest BCUT2D eigenvalue weighted by atomic mass is 10.2. The van der Waals surface area contributed by atoms with Crippen LogP contribution in [0.1, 0.15) is 0 Å². The normalized spacial score (nSPS) is 11.2. The Labute approximate surface area is 147 Å². The van der Waals surface area contributed by atoms with Crippen molar-refractivity contribution >= 4 is 44.1 Å². The highest BCUT2D eigenvalue weighted by Crippen LogP contribution is 2.33. The summed E-state index contributed by atoms with van der Waals surface area (Å²) in [7, 11) is 0. The molecule has 0 aliphatic heterocycles. The van der Waals surface area contributed by atoms with Crippen molar-refractivity contribution in [3.8, 4) is 11.4 Å². The lowest BCUT2D eigenvalue weighted by Crippen LogP contribution is -1.95. The Kier molecular flexibility index (Phi) is 3.21. The monoisotopic (exact) mass is 343 g/mol. The molecule has 0 bridgehead atoms. The van der Waals surface area contributed by atoms with Gasteiger partial charge < -0.3 is 10.3 Å². The first-order valence-electron chi connectivity index (χ1n) is 7.88. The summed E-state index contributed by atoms with van der Waals surface area (Å²) in [4.78, 5) is 16.7. The van der Waals surface area contributed by atoms with Gasteiger partial charge in [0.2, 0.25) is 0 Å². The van der Waals surface area contributed by atoms with E-state index in [-0.39, 0.29) is 0 Å². The maximum absolute atomic E-state index is 4.67. The molecular formula is C19H13N5S. The van der Waals surface area contributed by atoms with Crippen LogP contribution >= 0.6 is 11.3 Å². The number of aromatic nitrogens is 4. The van der Waals surface area contributed by atoms with E-state index in [1.54, 1.807) is 11.3 Å². The van der Waals surface area contributed by atoms with Gasteiger partial charge in [-0.25, -0.2) is 15.0 Å². The van der Waals surface area contributed by atoms with Crippen molar-refractivity contribution in [2.75, 3.05) is 5.32 Å². The zero-order valence-corrected chi connectivity index (χ0v) is 13.9. The Morgan fingerprint density at radius 1 is 0.920 bits per heavy atom. The summed E-state index contributed by atoms with van der Waals surface area (Å²) in [6.45, 7) is 0. The Morgan fingerprint density at radius 3 is 2.68 bits per heavy atom. The molecule has 5 aromatic rings. The molecule has 0 aliphatic rings. The van der Waals surface area contributed by atoms with Crippen molar-refractivity contribution in [1.29, 1.82) is 0 Å². The fraction of sp³-hybridized carbons (Fsp3) is 0. The summed E-state index contributed by atoms with van der Waals surface area (Å²) in [5.41, 5.74) is 3.51. The second kappa shape index (κ2) is 5.68. The van der Waals surface area contributed by atoms with E-state index >= 15 is 0 Å². The zero-order chi connectivity index (χ0) is 16.6. The summed E-state index contributed by atoms with van der Waals surface area (Å²) < 4.78 is 1.24. The molecule has 2 aromatic carbocycles. The minimum Gasteiger partial charge on any atom is -0.338 e. The highest BCUT2D eigenvalue weighted by Gasteiger charge is 2.14. The van der Waals surface area contributed by atoms with E-state index < -0.39 is 0 Å². The van der Waals surface area contributed by atoms with Crippen LogP contribution in [0.25, 0.3) is 32.6 Å². The van der Waals surface area contributed by atoms with Crippen LogP contribution in [0, 0.1) is 0 Å². The molecule has 5 rings (SSSR count). The fourth-order valence-electron chi connectivity index (χ4n) is 2.87. The van der Waals surface area contributed by atoms with Gasteiger partial charge in [-0.15, -0.1) is 11.3 Å². The molecule has 3 heterocycles. The number of fused-ring (bicyclic) bond motifs is 2. The van der Waals surface area contributed by atoms with Crippen molar-refractivity contribution in [3.05, 3.63) is 66.3 Å². The summed E-state index contributed by atoms with van der Waals surface area (Å²) in [6, 6.07) is 18.3. The molecule has 120 valence electrons. The molecule has 5 nitrogen and oxygen atoms in total. The first-order valence-corrected chi connectivity index (χ1v) is 8.76. The van der Waals surface area contributed by atoms with Gasteiger partial charge in [0.1, 0.15) is 17.7 Å². The number of H-pyrrole nitrogens is 1. The molecule has 3 aromatic heterocycles. The van der Waals surface area contributed by atoms with E-state index in [1.807, 2.05) is 36.4 Å². The molecule has 0 fully saturated rings. The number of thiophene rings is 1. The lowest BCUT2D eigenvalue weighted by Gasteiger charge is -2.04. The molecule has 2 N–H and O–H groups in total. The highest BCUT2D eigenvalue weighted by atomic mass is 32.1. The number of aromatic amines is 1. The van der Waals surface area contributed by atoms with Crippen LogP contribution in [0.3, 0.4) is 0 Å². The van der Waals surface area contributed by atoms with E-state index in [4.69, 9.17) is 0 Å². The molecule has 0 saturated heterocycles. The number of nitrogens with zero attached hydrogens (tertiary/aromatic N) is 3. The highest BCUT2D eigenvalue weighted by molar-refractivity contribution is 7.17. The van der Waals surface area contributed by atoms with Crippen LogP contribution in [0.4, 0.5) is 11.5 Å². The maximum Gasteiger partial charge on any atom is 0.183 e.